The van der Waals surface area contributed by atoms with Gasteiger partial charge in [0.2, 0.25) is 0 Å². The topological polar surface area (TPSA) is 37.8 Å². The van der Waals surface area contributed by atoms with Crippen molar-refractivity contribution in [2.24, 2.45) is 7.05 Å². The van der Waals surface area contributed by atoms with Gasteiger partial charge >= 0.3 is 0 Å². The lowest BCUT2D eigenvalue weighted by atomic mass is 10.1. The van der Waals surface area contributed by atoms with E-state index in [0.717, 1.165) is 18.2 Å². The molecule has 3 nitrogen and oxygen atoms in total. The average molecular weight is 224 g/mol. The molecule has 1 aromatic heterocycles. The first-order valence-electron chi connectivity index (χ1n) is 4.71. The van der Waals surface area contributed by atoms with Gasteiger partial charge in [0, 0.05) is 18.8 Å². The van der Waals surface area contributed by atoms with Gasteiger partial charge in [0.15, 0.2) is 0 Å². The molecular weight excluding hydrogens is 214 g/mol. The number of hydrogen-bond donors (Lipinski definition) is 1. The Labute approximate surface area is 90.3 Å². The molecule has 0 saturated carbocycles. The van der Waals surface area contributed by atoms with Crippen molar-refractivity contribution in [2.45, 2.75) is 6.92 Å². The molecule has 0 fully saturated rings. The second kappa shape index (κ2) is 3.59. The Kier molecular flexibility index (Phi) is 2.38. The van der Waals surface area contributed by atoms with E-state index < -0.39 is 11.6 Å². The maximum absolute atomic E-state index is 13.0. The number of hydrogen-bond acceptors (Lipinski definition) is 1. The Balaban J connectivity index is 2.72. The van der Waals surface area contributed by atoms with Crippen molar-refractivity contribution in [2.75, 3.05) is 0 Å². The fourth-order valence-electron chi connectivity index (χ4n) is 1.72. The van der Waals surface area contributed by atoms with Crippen LogP contribution in [-0.2, 0) is 7.05 Å². The predicted molar refractivity (Wildman–Crippen MR) is 56.1 cm³/mol. The number of rotatable bonds is 1. The van der Waals surface area contributed by atoms with Crippen LogP contribution in [-0.4, -0.2) is 9.78 Å². The fourth-order valence-corrected chi connectivity index (χ4v) is 1.72. The molecule has 0 radical (unpaired) electrons. The van der Waals surface area contributed by atoms with Gasteiger partial charge in [-0.2, -0.15) is 0 Å². The molecule has 0 amide bonds. The summed E-state index contributed by atoms with van der Waals surface area (Å²) in [5.74, 6) is -1.39. The second-order valence-corrected chi connectivity index (χ2v) is 3.63. The highest BCUT2D eigenvalue weighted by molar-refractivity contribution is 5.65. The molecule has 1 N–H and O–H groups in total. The van der Waals surface area contributed by atoms with Gasteiger partial charge < -0.3 is 0 Å². The monoisotopic (exact) mass is 224 g/mol. The molecule has 84 valence electrons. The van der Waals surface area contributed by atoms with Gasteiger partial charge in [-0.3, -0.25) is 14.6 Å². The minimum Gasteiger partial charge on any atom is -0.300 e. The summed E-state index contributed by atoms with van der Waals surface area (Å²) in [6.07, 6.45) is 0. The van der Waals surface area contributed by atoms with Gasteiger partial charge in [0.25, 0.3) is 5.56 Å². The molecule has 0 unspecified atom stereocenters. The van der Waals surface area contributed by atoms with Crippen LogP contribution < -0.4 is 5.56 Å². The Hall–Kier alpha value is -1.91. The summed E-state index contributed by atoms with van der Waals surface area (Å²) < 4.78 is 27.3. The molecule has 2 aromatic rings. The summed E-state index contributed by atoms with van der Waals surface area (Å²) in [7, 11) is 1.55. The number of nitrogens with one attached hydrogen (secondary N) is 1. The number of aromatic nitrogens is 2. The van der Waals surface area contributed by atoms with Gasteiger partial charge in [0.05, 0.1) is 5.56 Å². The summed E-state index contributed by atoms with van der Waals surface area (Å²) in [5.41, 5.74) is 0.817. The number of aromatic amines is 1. The van der Waals surface area contributed by atoms with Crippen molar-refractivity contribution in [1.82, 2.24) is 9.78 Å². The molecule has 0 bridgehead atoms. The SMILES string of the molecule is Cc1[nH]n(C)c(=O)c1-c1cc(F)cc(F)c1. The van der Waals surface area contributed by atoms with E-state index >= 15 is 0 Å². The lowest BCUT2D eigenvalue weighted by molar-refractivity contribution is 0.584. The van der Waals surface area contributed by atoms with E-state index in [1.807, 2.05) is 0 Å². The first-order chi connectivity index (χ1) is 7.49. The lowest BCUT2D eigenvalue weighted by Gasteiger charge is -1.99. The maximum atomic E-state index is 13.0. The highest BCUT2D eigenvalue weighted by atomic mass is 19.1. The number of H-pyrrole nitrogens is 1. The van der Waals surface area contributed by atoms with Gasteiger partial charge in [0.1, 0.15) is 11.6 Å². The van der Waals surface area contributed by atoms with Crippen molar-refractivity contribution in [3.05, 3.63) is 45.9 Å². The predicted octanol–water partition coefficient (Wildman–Crippen LogP) is 1.97. The van der Waals surface area contributed by atoms with Crippen LogP contribution >= 0.6 is 0 Å². The van der Waals surface area contributed by atoms with E-state index in [1.165, 1.54) is 4.68 Å². The molecule has 16 heavy (non-hydrogen) atoms. The number of nitrogens with zero attached hydrogens (tertiary/aromatic N) is 1. The zero-order valence-corrected chi connectivity index (χ0v) is 8.84. The second-order valence-electron chi connectivity index (χ2n) is 3.63. The minimum absolute atomic E-state index is 0.247. The quantitative estimate of drug-likeness (QED) is 0.790. The first-order valence-corrected chi connectivity index (χ1v) is 4.71. The standard InChI is InChI=1S/C11H10F2N2O/c1-6-10(11(16)15(2)14-6)7-3-8(12)5-9(13)4-7/h3-5,14H,1-2H3. The fraction of sp³-hybridized carbons (Fsp3) is 0.182. The first kappa shape index (κ1) is 10.6. The number of aryl methyl sites for hydroxylation is 2. The Bertz CT molecular complexity index is 578. The van der Waals surface area contributed by atoms with Crippen molar-refractivity contribution in [3.63, 3.8) is 0 Å². The van der Waals surface area contributed by atoms with Crippen LogP contribution in [0.2, 0.25) is 0 Å². The Morgan fingerprint density at radius 1 is 1.19 bits per heavy atom. The Morgan fingerprint density at radius 3 is 2.19 bits per heavy atom. The molecular formula is C11H10F2N2O. The van der Waals surface area contributed by atoms with E-state index in [1.54, 1.807) is 14.0 Å². The van der Waals surface area contributed by atoms with E-state index in [9.17, 15) is 13.6 Å². The number of halogens is 2. The normalized spacial score (nSPS) is 10.8. The van der Waals surface area contributed by atoms with E-state index in [2.05, 4.69) is 5.10 Å². The zero-order valence-electron chi connectivity index (χ0n) is 8.84. The van der Waals surface area contributed by atoms with E-state index in [0.29, 0.717) is 11.3 Å². The summed E-state index contributed by atoms with van der Waals surface area (Å²) in [5, 5.41) is 2.77. The van der Waals surface area contributed by atoms with Crippen molar-refractivity contribution in [1.29, 1.82) is 0 Å². The molecule has 0 aliphatic carbocycles. The maximum Gasteiger partial charge on any atom is 0.274 e. The highest BCUT2D eigenvalue weighted by Crippen LogP contribution is 2.20. The summed E-state index contributed by atoms with van der Waals surface area (Å²) in [6, 6.07) is 3.05. The third-order valence-electron chi connectivity index (χ3n) is 2.38. The molecule has 1 aromatic carbocycles. The van der Waals surface area contributed by atoms with E-state index in [-0.39, 0.29) is 11.1 Å². The summed E-state index contributed by atoms with van der Waals surface area (Å²) in [4.78, 5) is 11.7. The van der Waals surface area contributed by atoms with Gasteiger partial charge in [-0.05, 0) is 24.6 Å². The molecule has 1 heterocycles. The molecule has 0 spiro atoms. The van der Waals surface area contributed by atoms with Crippen LogP contribution in [0.3, 0.4) is 0 Å². The Morgan fingerprint density at radius 2 is 1.75 bits per heavy atom. The largest absolute Gasteiger partial charge is 0.300 e. The molecule has 0 atom stereocenters. The van der Waals surface area contributed by atoms with Crippen LogP contribution in [0.5, 0.6) is 0 Å². The molecule has 5 heteroatoms. The molecule has 2 rings (SSSR count). The highest BCUT2D eigenvalue weighted by Gasteiger charge is 2.13. The van der Waals surface area contributed by atoms with Crippen LogP contribution in [0.15, 0.2) is 23.0 Å². The van der Waals surface area contributed by atoms with Crippen molar-refractivity contribution in [3.8, 4) is 11.1 Å². The zero-order chi connectivity index (χ0) is 11.9. The van der Waals surface area contributed by atoms with Gasteiger partial charge in [-0.15, -0.1) is 0 Å². The molecule has 0 aliphatic rings. The number of benzene rings is 1. The van der Waals surface area contributed by atoms with Crippen molar-refractivity contribution < 1.29 is 8.78 Å². The van der Waals surface area contributed by atoms with Crippen LogP contribution in [0.25, 0.3) is 11.1 Å². The van der Waals surface area contributed by atoms with Gasteiger partial charge in [-0.25, -0.2) is 8.78 Å². The third-order valence-corrected chi connectivity index (χ3v) is 2.38. The molecule has 0 aliphatic heterocycles. The van der Waals surface area contributed by atoms with Crippen LogP contribution in [0.4, 0.5) is 8.78 Å². The summed E-state index contributed by atoms with van der Waals surface area (Å²) >= 11 is 0. The third kappa shape index (κ3) is 1.64. The minimum atomic E-state index is -0.697. The van der Waals surface area contributed by atoms with Crippen molar-refractivity contribution >= 4 is 0 Å². The van der Waals surface area contributed by atoms with Gasteiger partial charge in [-0.1, -0.05) is 0 Å². The molecule has 0 saturated heterocycles. The van der Waals surface area contributed by atoms with Crippen LogP contribution in [0, 0.1) is 18.6 Å². The van der Waals surface area contributed by atoms with E-state index in [4.69, 9.17) is 0 Å². The lowest BCUT2D eigenvalue weighted by Crippen LogP contribution is -2.13. The average Bonchev–Trinajstić information content (AvgIpc) is 2.39. The van der Waals surface area contributed by atoms with Crippen LogP contribution in [0.1, 0.15) is 5.69 Å². The smallest absolute Gasteiger partial charge is 0.274 e. The summed E-state index contributed by atoms with van der Waals surface area (Å²) in [6.45, 7) is 1.68.